The molecule has 60 heavy (non-hydrogen) atoms. The molecule has 0 atom stereocenters. The molecule has 0 amide bonds. The van der Waals surface area contributed by atoms with E-state index in [0.717, 1.165) is 71.8 Å². The molecule has 0 unspecified atom stereocenters. The van der Waals surface area contributed by atoms with Crippen LogP contribution in [0.4, 0.5) is 0 Å². The van der Waals surface area contributed by atoms with E-state index in [0.29, 0.717) is 17.5 Å². The van der Waals surface area contributed by atoms with Gasteiger partial charge >= 0.3 is 0 Å². The molecule has 0 saturated carbocycles. The minimum absolute atomic E-state index is 0.163. The molecule has 6 nitrogen and oxygen atoms in total. The molecule has 0 aliphatic heterocycles. The fourth-order valence-corrected chi connectivity index (χ4v) is 9.48. The Morgan fingerprint density at radius 1 is 0.367 bits per heavy atom. The molecule has 7 heteroatoms. The monoisotopic (exact) mass is 784 g/mol. The van der Waals surface area contributed by atoms with Crippen LogP contribution in [0.3, 0.4) is 0 Å². The van der Waals surface area contributed by atoms with Gasteiger partial charge in [0, 0.05) is 49.9 Å². The first-order valence-corrected chi connectivity index (χ1v) is 20.7. The number of benzene rings is 8. The fraction of sp³-hybridized carbons (Fsp3) is 0.0189. The van der Waals surface area contributed by atoms with Crippen molar-refractivity contribution in [3.05, 3.63) is 205 Å². The van der Waals surface area contributed by atoms with E-state index in [2.05, 4.69) is 146 Å². The van der Waals surface area contributed by atoms with E-state index in [1.807, 2.05) is 42.5 Å². The Bertz CT molecular complexity index is 3390. The molecule has 0 fully saturated rings. The maximum atomic E-state index is 5.22. The van der Waals surface area contributed by atoms with Gasteiger partial charge in [0.05, 0.1) is 22.9 Å². The van der Waals surface area contributed by atoms with Crippen molar-refractivity contribution in [3.63, 3.8) is 0 Å². The normalized spacial score (nSPS) is 12.3. The van der Waals surface area contributed by atoms with Crippen LogP contribution < -0.4 is 0 Å². The van der Waals surface area contributed by atoms with Gasteiger partial charge in [-0.3, -0.25) is 0 Å². The van der Waals surface area contributed by atoms with Gasteiger partial charge in [0.25, 0.3) is 0 Å². The van der Waals surface area contributed by atoms with Crippen molar-refractivity contribution in [3.8, 4) is 67.7 Å². The molecule has 1 aliphatic rings. The van der Waals surface area contributed by atoms with Crippen LogP contribution in [-0.2, 0) is 0 Å². The van der Waals surface area contributed by atoms with E-state index in [-0.39, 0.29) is 5.92 Å². The highest BCUT2D eigenvalue weighted by Crippen LogP contribution is 2.48. The van der Waals surface area contributed by atoms with Crippen molar-refractivity contribution >= 4 is 44.4 Å². The summed E-state index contributed by atoms with van der Waals surface area (Å²) in [5.41, 5.74) is 15.8. The summed E-state index contributed by atoms with van der Waals surface area (Å²) >= 11 is 1.24. The first kappa shape index (κ1) is 34.3. The molecule has 0 radical (unpaired) electrons. The van der Waals surface area contributed by atoms with Gasteiger partial charge in [0.2, 0.25) is 0 Å². The van der Waals surface area contributed by atoms with Crippen LogP contribution in [0.25, 0.3) is 100 Å². The maximum absolute atomic E-state index is 5.22. The topological polar surface area (TPSA) is 77.3 Å². The number of pyridine rings is 1. The quantitative estimate of drug-likeness (QED) is 0.156. The van der Waals surface area contributed by atoms with Gasteiger partial charge in [-0.2, -0.15) is 8.75 Å². The summed E-state index contributed by atoms with van der Waals surface area (Å²) in [5, 5.41) is 3.15. The SMILES string of the molecule is c1ccc(-c2nc(-c3ccc(C4c5ccccc5-c5ccccc54)cc3)nc(-c3cccc(-c4cc5c(-c6ccccc6)nc6ccccc6c5c5nsnc45)c3)n2)cc1. The van der Waals surface area contributed by atoms with Crippen LogP contribution in [0.2, 0.25) is 0 Å². The van der Waals surface area contributed by atoms with Crippen molar-refractivity contribution in [1.82, 2.24) is 28.7 Å². The molecule has 0 spiro atoms. The van der Waals surface area contributed by atoms with Gasteiger partial charge < -0.3 is 0 Å². The smallest absolute Gasteiger partial charge is 0.164 e. The van der Waals surface area contributed by atoms with Gasteiger partial charge in [-0.05, 0) is 51.6 Å². The van der Waals surface area contributed by atoms with Crippen LogP contribution in [0.5, 0.6) is 0 Å². The third-order valence-corrected chi connectivity index (χ3v) is 12.2. The molecular formula is C53H32N6S. The number of hydrogen-bond acceptors (Lipinski definition) is 7. The summed E-state index contributed by atoms with van der Waals surface area (Å²) in [7, 11) is 0. The molecule has 3 heterocycles. The Labute approximate surface area is 349 Å². The summed E-state index contributed by atoms with van der Waals surface area (Å²) < 4.78 is 9.81. The summed E-state index contributed by atoms with van der Waals surface area (Å²) in [6, 6.07) is 65.6. The number of aromatic nitrogens is 6. The minimum atomic E-state index is 0.163. The molecule has 1 aliphatic carbocycles. The zero-order chi connectivity index (χ0) is 39.6. The molecule has 3 aromatic heterocycles. The lowest BCUT2D eigenvalue weighted by Gasteiger charge is -2.15. The Hall–Kier alpha value is -7.74. The molecular weight excluding hydrogens is 753 g/mol. The molecule has 280 valence electrons. The van der Waals surface area contributed by atoms with E-state index in [1.54, 1.807) is 0 Å². The number of para-hydroxylation sites is 1. The zero-order valence-corrected chi connectivity index (χ0v) is 32.9. The highest BCUT2D eigenvalue weighted by molar-refractivity contribution is 7.00. The summed E-state index contributed by atoms with van der Waals surface area (Å²) in [6.45, 7) is 0. The van der Waals surface area contributed by atoms with Crippen molar-refractivity contribution in [1.29, 1.82) is 0 Å². The lowest BCUT2D eigenvalue weighted by Crippen LogP contribution is -2.01. The van der Waals surface area contributed by atoms with E-state index in [4.69, 9.17) is 28.7 Å². The molecule has 11 aromatic rings. The predicted octanol–water partition coefficient (Wildman–Crippen LogP) is 13.1. The van der Waals surface area contributed by atoms with Crippen molar-refractivity contribution < 1.29 is 0 Å². The van der Waals surface area contributed by atoms with Gasteiger partial charge in [-0.25, -0.2) is 19.9 Å². The Morgan fingerprint density at radius 2 is 0.917 bits per heavy atom. The first-order valence-electron chi connectivity index (χ1n) is 20.0. The fourth-order valence-electron chi connectivity index (χ4n) is 8.92. The molecule has 0 bridgehead atoms. The molecule has 0 N–H and O–H groups in total. The second-order valence-electron chi connectivity index (χ2n) is 15.1. The largest absolute Gasteiger partial charge is 0.247 e. The highest BCUT2D eigenvalue weighted by Gasteiger charge is 2.29. The number of fused-ring (bicyclic) bond motifs is 8. The summed E-state index contributed by atoms with van der Waals surface area (Å²) in [4.78, 5) is 20.5. The standard InChI is InChI=1S/C53H32N6S/c1-3-14-33(15-4-1)48-44-31-43(49-50(59-60-58-49)47(44)42-24-11-12-25-45(42)54-48)36-18-13-19-37(30-36)53-56-51(34-16-5-2-6-17-34)55-52(57-53)35-28-26-32(27-29-35)46-40-22-9-7-20-38(40)39-21-8-10-23-41(39)46/h1-31,46H. The highest BCUT2D eigenvalue weighted by atomic mass is 32.1. The zero-order valence-electron chi connectivity index (χ0n) is 32.1. The van der Waals surface area contributed by atoms with E-state index in [9.17, 15) is 0 Å². The van der Waals surface area contributed by atoms with Crippen molar-refractivity contribution in [2.24, 2.45) is 0 Å². The Balaban J connectivity index is 0.994. The second-order valence-corrected chi connectivity index (χ2v) is 15.7. The summed E-state index contributed by atoms with van der Waals surface area (Å²) in [5.74, 6) is 1.99. The Morgan fingerprint density at radius 3 is 1.63 bits per heavy atom. The number of nitrogens with zero attached hydrogens (tertiary/aromatic N) is 6. The maximum Gasteiger partial charge on any atom is 0.164 e. The second kappa shape index (κ2) is 14.0. The molecule has 8 aromatic carbocycles. The van der Waals surface area contributed by atoms with Crippen LogP contribution in [0, 0.1) is 0 Å². The average Bonchev–Trinajstić information content (AvgIpc) is 3.95. The summed E-state index contributed by atoms with van der Waals surface area (Å²) in [6.07, 6.45) is 0. The molecule has 0 saturated heterocycles. The van der Waals surface area contributed by atoms with Crippen molar-refractivity contribution in [2.45, 2.75) is 5.92 Å². The van der Waals surface area contributed by atoms with Gasteiger partial charge in [-0.15, -0.1) is 0 Å². The minimum Gasteiger partial charge on any atom is -0.247 e. The average molecular weight is 785 g/mol. The van der Waals surface area contributed by atoms with Crippen LogP contribution >= 0.6 is 11.7 Å². The first-order chi connectivity index (χ1) is 29.7. The third kappa shape index (κ3) is 5.62. The van der Waals surface area contributed by atoms with E-state index in [1.165, 1.54) is 39.5 Å². The van der Waals surface area contributed by atoms with Crippen molar-refractivity contribution in [2.75, 3.05) is 0 Å². The van der Waals surface area contributed by atoms with Crippen LogP contribution in [-0.4, -0.2) is 28.7 Å². The van der Waals surface area contributed by atoms with Crippen LogP contribution in [0.1, 0.15) is 22.6 Å². The van der Waals surface area contributed by atoms with Gasteiger partial charge in [0.1, 0.15) is 11.0 Å². The van der Waals surface area contributed by atoms with E-state index >= 15 is 0 Å². The van der Waals surface area contributed by atoms with Gasteiger partial charge in [-0.1, -0.05) is 170 Å². The number of hydrogen-bond donors (Lipinski definition) is 0. The number of rotatable bonds is 6. The lowest BCUT2D eigenvalue weighted by molar-refractivity contribution is 1.01. The molecule has 12 rings (SSSR count). The van der Waals surface area contributed by atoms with E-state index < -0.39 is 0 Å². The Kier molecular flexibility index (Phi) is 7.99. The lowest BCUT2D eigenvalue weighted by atomic mass is 9.89. The predicted molar refractivity (Wildman–Crippen MR) is 244 cm³/mol. The van der Waals surface area contributed by atoms with Gasteiger partial charge in [0.15, 0.2) is 17.5 Å². The van der Waals surface area contributed by atoms with Crippen LogP contribution in [0.15, 0.2) is 188 Å². The third-order valence-electron chi connectivity index (χ3n) is 11.7.